The van der Waals surface area contributed by atoms with Gasteiger partial charge in [-0.3, -0.25) is 4.79 Å². The average Bonchev–Trinajstić information content (AvgIpc) is 3.30. The van der Waals surface area contributed by atoms with Crippen molar-refractivity contribution in [2.24, 2.45) is 4.99 Å². The molecule has 1 fully saturated rings. The van der Waals surface area contributed by atoms with Gasteiger partial charge >= 0.3 is 0 Å². The van der Waals surface area contributed by atoms with E-state index in [0.717, 1.165) is 30.1 Å². The number of amides is 1. The lowest BCUT2D eigenvalue weighted by atomic mass is 10.2. The van der Waals surface area contributed by atoms with E-state index in [9.17, 15) is 4.79 Å². The van der Waals surface area contributed by atoms with Crippen molar-refractivity contribution in [1.29, 1.82) is 0 Å². The van der Waals surface area contributed by atoms with E-state index < -0.39 is 0 Å². The standard InChI is InChI=1S/C21H21N3O3S/c1-3-24(4-2)16-8-6-15(7-9-16)22-21-23-20(25)19(28-21)12-14-5-10-17-18(11-14)27-13-26-17/h5-12H,3-4,13H2,1-2H3,(H,22,23,25). The van der Waals surface area contributed by atoms with Crippen molar-refractivity contribution >= 4 is 40.3 Å². The predicted molar refractivity (Wildman–Crippen MR) is 113 cm³/mol. The Balaban J connectivity index is 1.50. The van der Waals surface area contributed by atoms with Gasteiger partial charge in [0.15, 0.2) is 16.7 Å². The number of nitrogens with zero attached hydrogens (tertiary/aromatic N) is 2. The van der Waals surface area contributed by atoms with E-state index in [1.165, 1.54) is 17.4 Å². The number of hydrogen-bond acceptors (Lipinski definition) is 6. The highest BCUT2D eigenvalue weighted by Gasteiger charge is 2.24. The molecule has 0 saturated carbocycles. The molecule has 28 heavy (non-hydrogen) atoms. The molecule has 2 heterocycles. The van der Waals surface area contributed by atoms with Crippen LogP contribution in [0, 0.1) is 0 Å². The molecule has 2 aliphatic rings. The van der Waals surface area contributed by atoms with Crippen LogP contribution in [0.25, 0.3) is 6.08 Å². The Hall–Kier alpha value is -2.93. The van der Waals surface area contributed by atoms with E-state index in [0.29, 0.717) is 15.8 Å². The molecule has 1 amide bonds. The number of rotatable bonds is 5. The molecule has 0 atom stereocenters. The van der Waals surface area contributed by atoms with Gasteiger partial charge in [0.25, 0.3) is 5.91 Å². The Kier molecular flexibility index (Phi) is 5.25. The summed E-state index contributed by atoms with van der Waals surface area (Å²) in [6.07, 6.45) is 1.83. The number of carbonyl (C=O) groups excluding carboxylic acids is 1. The molecule has 144 valence electrons. The van der Waals surface area contributed by atoms with Gasteiger partial charge in [0.05, 0.1) is 10.6 Å². The van der Waals surface area contributed by atoms with Crippen LogP contribution in [0.2, 0.25) is 0 Å². The molecule has 1 saturated heterocycles. The highest BCUT2D eigenvalue weighted by atomic mass is 32.2. The fourth-order valence-corrected chi connectivity index (χ4v) is 3.92. The molecule has 4 rings (SSSR count). The number of hydrogen-bond donors (Lipinski definition) is 1. The summed E-state index contributed by atoms with van der Waals surface area (Å²) in [5.74, 6) is 1.27. The second-order valence-electron chi connectivity index (χ2n) is 6.28. The first-order valence-corrected chi connectivity index (χ1v) is 10.0. The van der Waals surface area contributed by atoms with Gasteiger partial charge in [0, 0.05) is 18.8 Å². The lowest BCUT2D eigenvalue weighted by Gasteiger charge is -2.20. The zero-order valence-corrected chi connectivity index (χ0v) is 16.6. The number of amidine groups is 1. The van der Waals surface area contributed by atoms with Crippen LogP contribution in [0.15, 0.2) is 52.4 Å². The summed E-state index contributed by atoms with van der Waals surface area (Å²) < 4.78 is 10.7. The molecule has 7 heteroatoms. The van der Waals surface area contributed by atoms with E-state index in [-0.39, 0.29) is 12.7 Å². The Bertz CT molecular complexity index is 950. The van der Waals surface area contributed by atoms with Gasteiger partial charge in [-0.05, 0) is 73.6 Å². The molecule has 0 bridgehead atoms. The summed E-state index contributed by atoms with van der Waals surface area (Å²) in [6, 6.07) is 13.6. The number of thioether (sulfide) groups is 1. The monoisotopic (exact) mass is 395 g/mol. The van der Waals surface area contributed by atoms with Gasteiger partial charge < -0.3 is 19.7 Å². The second-order valence-corrected chi connectivity index (χ2v) is 7.31. The maximum absolute atomic E-state index is 12.3. The minimum absolute atomic E-state index is 0.152. The number of benzene rings is 2. The predicted octanol–water partition coefficient (Wildman–Crippen LogP) is 4.15. The lowest BCUT2D eigenvalue weighted by molar-refractivity contribution is -0.115. The smallest absolute Gasteiger partial charge is 0.264 e. The third-order valence-electron chi connectivity index (χ3n) is 4.55. The first-order valence-electron chi connectivity index (χ1n) is 9.20. The van der Waals surface area contributed by atoms with Crippen LogP contribution in [0.1, 0.15) is 19.4 Å². The second kappa shape index (κ2) is 7.98. The SMILES string of the molecule is CCN(CC)c1ccc(N=C2NC(=O)C(=Cc3ccc4c(c3)OCO4)S2)cc1. The first-order chi connectivity index (χ1) is 13.7. The van der Waals surface area contributed by atoms with Crippen molar-refractivity contribution in [3.8, 4) is 11.5 Å². The highest BCUT2D eigenvalue weighted by Crippen LogP contribution is 2.35. The van der Waals surface area contributed by atoms with Crippen molar-refractivity contribution in [1.82, 2.24) is 5.32 Å². The number of ether oxygens (including phenoxy) is 2. The zero-order chi connectivity index (χ0) is 19.5. The molecule has 0 aromatic heterocycles. The van der Waals surface area contributed by atoms with Crippen LogP contribution in [0.5, 0.6) is 11.5 Å². The summed E-state index contributed by atoms with van der Waals surface area (Å²) in [4.78, 5) is 19.7. The normalized spacial score (nSPS) is 18.0. The van der Waals surface area contributed by atoms with Gasteiger partial charge in [-0.15, -0.1) is 0 Å². The molecule has 6 nitrogen and oxygen atoms in total. The first kappa shape index (κ1) is 18.4. The van der Waals surface area contributed by atoms with E-state index >= 15 is 0 Å². The van der Waals surface area contributed by atoms with Crippen LogP contribution in [-0.4, -0.2) is 31.0 Å². The Morgan fingerprint density at radius 2 is 1.86 bits per heavy atom. The summed E-state index contributed by atoms with van der Waals surface area (Å²) in [6.45, 7) is 6.43. The van der Waals surface area contributed by atoms with Gasteiger partial charge in [0.2, 0.25) is 6.79 Å². The molecule has 2 aromatic rings. The minimum Gasteiger partial charge on any atom is -0.454 e. The van der Waals surface area contributed by atoms with Crippen molar-refractivity contribution < 1.29 is 14.3 Å². The summed E-state index contributed by atoms with van der Waals surface area (Å²) in [5, 5.41) is 3.40. The third-order valence-corrected chi connectivity index (χ3v) is 5.46. The highest BCUT2D eigenvalue weighted by molar-refractivity contribution is 8.18. The molecule has 0 aliphatic carbocycles. The molecule has 0 radical (unpaired) electrons. The van der Waals surface area contributed by atoms with Crippen molar-refractivity contribution in [3.63, 3.8) is 0 Å². The van der Waals surface area contributed by atoms with Crippen molar-refractivity contribution in [2.75, 3.05) is 24.8 Å². The maximum Gasteiger partial charge on any atom is 0.264 e. The Morgan fingerprint density at radius 3 is 2.61 bits per heavy atom. The quantitative estimate of drug-likeness (QED) is 0.771. The van der Waals surface area contributed by atoms with Crippen LogP contribution >= 0.6 is 11.8 Å². The largest absolute Gasteiger partial charge is 0.454 e. The van der Waals surface area contributed by atoms with Crippen LogP contribution in [0.4, 0.5) is 11.4 Å². The average molecular weight is 395 g/mol. The number of carbonyl (C=O) groups is 1. The van der Waals surface area contributed by atoms with Gasteiger partial charge in [-0.25, -0.2) is 4.99 Å². The number of anilines is 1. The molecule has 2 aromatic carbocycles. The minimum atomic E-state index is -0.152. The number of fused-ring (bicyclic) bond motifs is 1. The van der Waals surface area contributed by atoms with E-state index in [1.54, 1.807) is 0 Å². The number of nitrogens with one attached hydrogen (secondary N) is 1. The van der Waals surface area contributed by atoms with Gasteiger partial charge in [-0.2, -0.15) is 0 Å². The van der Waals surface area contributed by atoms with Crippen LogP contribution in [-0.2, 0) is 4.79 Å². The van der Waals surface area contributed by atoms with E-state index in [1.807, 2.05) is 36.4 Å². The van der Waals surface area contributed by atoms with Crippen LogP contribution < -0.4 is 19.7 Å². The maximum atomic E-state index is 12.3. The Labute approximate surface area is 168 Å². The fraction of sp³-hybridized carbons (Fsp3) is 0.238. The third kappa shape index (κ3) is 3.84. The van der Waals surface area contributed by atoms with Crippen molar-refractivity contribution in [3.05, 3.63) is 52.9 Å². The number of aliphatic imine (C=N–C) groups is 1. The van der Waals surface area contributed by atoms with Crippen molar-refractivity contribution in [2.45, 2.75) is 13.8 Å². The topological polar surface area (TPSA) is 63.2 Å². The van der Waals surface area contributed by atoms with E-state index in [4.69, 9.17) is 9.47 Å². The van der Waals surface area contributed by atoms with Crippen LogP contribution in [0.3, 0.4) is 0 Å². The molecule has 1 N–H and O–H groups in total. The summed E-state index contributed by atoms with van der Waals surface area (Å²) in [7, 11) is 0. The van der Waals surface area contributed by atoms with Gasteiger partial charge in [-0.1, -0.05) is 6.07 Å². The lowest BCUT2D eigenvalue weighted by Crippen LogP contribution is -2.21. The fourth-order valence-electron chi connectivity index (χ4n) is 3.08. The molecular weight excluding hydrogens is 374 g/mol. The Morgan fingerprint density at radius 1 is 1.11 bits per heavy atom. The zero-order valence-electron chi connectivity index (χ0n) is 15.8. The molecule has 2 aliphatic heterocycles. The summed E-state index contributed by atoms with van der Waals surface area (Å²) >= 11 is 1.33. The molecular formula is C21H21N3O3S. The molecule has 0 unspecified atom stereocenters. The van der Waals surface area contributed by atoms with E-state index in [2.05, 4.69) is 41.2 Å². The summed E-state index contributed by atoms with van der Waals surface area (Å²) in [5.41, 5.74) is 2.86. The van der Waals surface area contributed by atoms with Gasteiger partial charge in [0.1, 0.15) is 0 Å². The molecule has 0 spiro atoms.